The number of morpholine rings is 1. The molecule has 0 bridgehead atoms. The minimum atomic E-state index is -3.62. The van der Waals surface area contributed by atoms with Crippen LogP contribution in [0.3, 0.4) is 0 Å². The number of benzene rings is 1. The van der Waals surface area contributed by atoms with Crippen LogP contribution >= 0.6 is 11.8 Å². The lowest BCUT2D eigenvalue weighted by atomic mass is 10.2. The van der Waals surface area contributed by atoms with Gasteiger partial charge in [-0.3, -0.25) is 9.36 Å². The fourth-order valence-corrected chi connectivity index (χ4v) is 6.32. The van der Waals surface area contributed by atoms with Crippen molar-refractivity contribution in [3.63, 3.8) is 0 Å². The summed E-state index contributed by atoms with van der Waals surface area (Å²) < 4.78 is 35.0. The smallest absolute Gasteiger partial charge is 0.243 e. The van der Waals surface area contributed by atoms with E-state index in [2.05, 4.69) is 14.8 Å². The van der Waals surface area contributed by atoms with E-state index in [-0.39, 0.29) is 10.9 Å². The molecule has 168 valence electrons. The van der Waals surface area contributed by atoms with E-state index in [0.29, 0.717) is 42.8 Å². The predicted molar refractivity (Wildman–Crippen MR) is 117 cm³/mol. The molecule has 1 atom stereocenters. The predicted octanol–water partition coefficient (Wildman–Crippen LogP) is 2.05. The summed E-state index contributed by atoms with van der Waals surface area (Å²) >= 11 is 1.29. The van der Waals surface area contributed by atoms with E-state index in [4.69, 9.17) is 10.5 Å². The van der Waals surface area contributed by atoms with Gasteiger partial charge in [0.25, 0.3) is 0 Å². The highest BCUT2D eigenvalue weighted by molar-refractivity contribution is 8.00. The number of rotatable bonds is 7. The Morgan fingerprint density at radius 2 is 1.94 bits per heavy atom. The zero-order valence-electron chi connectivity index (χ0n) is 17.4. The van der Waals surface area contributed by atoms with Gasteiger partial charge in [0.1, 0.15) is 0 Å². The quantitative estimate of drug-likeness (QED) is 0.621. The number of nitrogens with two attached hydrogens (primary N) is 1. The van der Waals surface area contributed by atoms with Gasteiger partial charge < -0.3 is 10.5 Å². The second-order valence-corrected chi connectivity index (χ2v) is 11.1. The number of hydrogen-bond acceptors (Lipinski definition) is 7. The molecule has 4 rings (SSSR count). The second kappa shape index (κ2) is 9.27. The molecule has 9 nitrogen and oxygen atoms in total. The van der Waals surface area contributed by atoms with E-state index < -0.39 is 21.2 Å². The maximum absolute atomic E-state index is 13.1. The molecule has 1 saturated carbocycles. The molecule has 1 aliphatic heterocycles. The third kappa shape index (κ3) is 4.64. The molecule has 1 saturated heterocycles. The highest BCUT2D eigenvalue weighted by Crippen LogP contribution is 2.38. The van der Waals surface area contributed by atoms with Crippen molar-refractivity contribution in [2.24, 2.45) is 5.73 Å². The lowest BCUT2D eigenvalue weighted by molar-refractivity contribution is -0.117. The van der Waals surface area contributed by atoms with Crippen LogP contribution in [0.25, 0.3) is 11.4 Å². The molecule has 2 fully saturated rings. The van der Waals surface area contributed by atoms with E-state index in [1.54, 1.807) is 25.1 Å². The van der Waals surface area contributed by atoms with Gasteiger partial charge in [0.15, 0.2) is 11.0 Å². The molecule has 2 N–H and O–H groups in total. The van der Waals surface area contributed by atoms with Gasteiger partial charge in [-0.2, -0.15) is 4.31 Å². The van der Waals surface area contributed by atoms with Gasteiger partial charge in [-0.05, 0) is 31.9 Å². The highest BCUT2D eigenvalue weighted by Gasteiger charge is 2.29. The highest BCUT2D eigenvalue weighted by atomic mass is 32.2. The van der Waals surface area contributed by atoms with E-state index in [1.165, 1.54) is 16.1 Å². The normalized spacial score (nSPS) is 19.5. The number of amides is 1. The van der Waals surface area contributed by atoms with Gasteiger partial charge in [-0.1, -0.05) is 36.7 Å². The van der Waals surface area contributed by atoms with Crippen molar-refractivity contribution in [1.82, 2.24) is 19.1 Å². The number of carbonyl (C=O) groups excluding carboxylic acids is 1. The number of ether oxygens (including phenoxy) is 1. The molecule has 2 aliphatic rings. The Morgan fingerprint density at radius 1 is 1.23 bits per heavy atom. The van der Waals surface area contributed by atoms with Crippen molar-refractivity contribution in [3.05, 3.63) is 24.3 Å². The van der Waals surface area contributed by atoms with Crippen LogP contribution in [-0.2, 0) is 19.6 Å². The zero-order valence-corrected chi connectivity index (χ0v) is 19.1. The van der Waals surface area contributed by atoms with Crippen LogP contribution in [0.1, 0.15) is 38.6 Å². The molecule has 0 spiro atoms. The van der Waals surface area contributed by atoms with Gasteiger partial charge >= 0.3 is 0 Å². The van der Waals surface area contributed by atoms with E-state index in [1.807, 2.05) is 6.07 Å². The molecule has 11 heteroatoms. The van der Waals surface area contributed by atoms with Crippen molar-refractivity contribution in [2.45, 2.75) is 54.0 Å². The Hall–Kier alpha value is -1.95. The van der Waals surface area contributed by atoms with Crippen LogP contribution in [-0.4, -0.2) is 64.9 Å². The zero-order chi connectivity index (χ0) is 22.0. The van der Waals surface area contributed by atoms with Crippen molar-refractivity contribution in [1.29, 1.82) is 0 Å². The molecule has 1 aromatic heterocycles. The summed E-state index contributed by atoms with van der Waals surface area (Å²) in [5.41, 5.74) is 6.13. The van der Waals surface area contributed by atoms with Crippen LogP contribution in [0, 0.1) is 0 Å². The topological polar surface area (TPSA) is 120 Å². The van der Waals surface area contributed by atoms with Gasteiger partial charge in [0.05, 0.1) is 23.4 Å². The van der Waals surface area contributed by atoms with E-state index in [0.717, 1.165) is 25.7 Å². The molecular weight excluding hydrogens is 438 g/mol. The van der Waals surface area contributed by atoms with Gasteiger partial charge in [0, 0.05) is 24.7 Å². The van der Waals surface area contributed by atoms with Crippen LogP contribution < -0.4 is 5.73 Å². The molecule has 0 radical (unpaired) electrons. The van der Waals surface area contributed by atoms with Crippen molar-refractivity contribution >= 4 is 27.7 Å². The van der Waals surface area contributed by atoms with Crippen molar-refractivity contribution < 1.29 is 17.9 Å². The Kier molecular flexibility index (Phi) is 6.65. The minimum absolute atomic E-state index is 0.215. The average Bonchev–Trinajstić information content (AvgIpc) is 3.44. The van der Waals surface area contributed by atoms with Gasteiger partial charge in [0.2, 0.25) is 15.9 Å². The Morgan fingerprint density at radius 3 is 2.61 bits per heavy atom. The summed E-state index contributed by atoms with van der Waals surface area (Å²) in [4.78, 5) is 11.8. The molecule has 2 aromatic rings. The van der Waals surface area contributed by atoms with Crippen LogP contribution in [0.5, 0.6) is 0 Å². The lowest BCUT2D eigenvalue weighted by Gasteiger charge is -2.26. The molecule has 1 aliphatic carbocycles. The summed E-state index contributed by atoms with van der Waals surface area (Å²) in [5.74, 6) is 0.205. The van der Waals surface area contributed by atoms with Crippen LogP contribution in [0.4, 0.5) is 0 Å². The third-order valence-electron chi connectivity index (χ3n) is 5.74. The van der Waals surface area contributed by atoms with Crippen molar-refractivity contribution in [3.8, 4) is 11.4 Å². The molecular formula is C20H27N5O4S2. The van der Waals surface area contributed by atoms with Crippen molar-refractivity contribution in [2.75, 3.05) is 26.3 Å². The summed E-state index contributed by atoms with van der Waals surface area (Å²) in [5, 5.41) is 8.92. The molecule has 31 heavy (non-hydrogen) atoms. The first-order chi connectivity index (χ1) is 14.9. The Balaban J connectivity index is 1.71. The summed E-state index contributed by atoms with van der Waals surface area (Å²) in [6.45, 7) is 3.23. The summed E-state index contributed by atoms with van der Waals surface area (Å²) in [6.07, 6.45) is 4.22. The maximum atomic E-state index is 13.1. The van der Waals surface area contributed by atoms with Gasteiger partial charge in [-0.25, -0.2) is 8.42 Å². The minimum Gasteiger partial charge on any atom is -0.379 e. The Labute approximate surface area is 186 Å². The van der Waals surface area contributed by atoms with Crippen LogP contribution in [0.15, 0.2) is 34.3 Å². The number of primary amides is 1. The molecule has 1 amide bonds. The average molecular weight is 466 g/mol. The first kappa shape index (κ1) is 22.3. The number of thioether (sulfide) groups is 1. The maximum Gasteiger partial charge on any atom is 0.243 e. The van der Waals surface area contributed by atoms with E-state index in [9.17, 15) is 13.2 Å². The largest absolute Gasteiger partial charge is 0.379 e. The molecule has 2 heterocycles. The second-order valence-electron chi connectivity index (χ2n) is 7.82. The summed E-state index contributed by atoms with van der Waals surface area (Å²) in [6, 6.07) is 7.06. The van der Waals surface area contributed by atoms with Gasteiger partial charge in [-0.15, -0.1) is 10.2 Å². The standard InChI is InChI=1S/C20H27N5O4S2/c1-14(18(21)26)30-20-23-22-19(25(20)16-6-2-3-7-16)15-5-4-8-17(13-15)31(27,28)24-9-11-29-12-10-24/h4-5,8,13-14,16H,2-3,6-7,9-12H2,1H3,(H2,21,26). The number of hydrogen-bond donors (Lipinski definition) is 1. The third-order valence-corrected chi connectivity index (χ3v) is 8.71. The number of nitrogens with zero attached hydrogens (tertiary/aromatic N) is 4. The fraction of sp³-hybridized carbons (Fsp3) is 0.550. The molecule has 1 unspecified atom stereocenters. The van der Waals surface area contributed by atoms with E-state index >= 15 is 0 Å². The fourth-order valence-electron chi connectivity index (χ4n) is 3.99. The number of carbonyl (C=O) groups is 1. The number of sulfonamides is 1. The lowest BCUT2D eigenvalue weighted by Crippen LogP contribution is -2.40. The summed E-state index contributed by atoms with van der Waals surface area (Å²) in [7, 11) is -3.62. The first-order valence-corrected chi connectivity index (χ1v) is 12.8. The number of aromatic nitrogens is 3. The first-order valence-electron chi connectivity index (χ1n) is 10.5. The monoisotopic (exact) mass is 465 g/mol. The molecule has 1 aromatic carbocycles. The Bertz CT molecular complexity index is 1040. The van der Waals surface area contributed by atoms with Crippen LogP contribution in [0.2, 0.25) is 0 Å². The SMILES string of the molecule is CC(Sc1nnc(-c2cccc(S(=O)(=O)N3CCOCC3)c2)n1C1CCCC1)C(N)=O.